The normalized spacial score (nSPS) is 23.4. The highest BCUT2D eigenvalue weighted by Crippen LogP contribution is 2.44. The molecule has 2 aliphatic rings. The average molecular weight is 645 g/mol. The van der Waals surface area contributed by atoms with Crippen molar-refractivity contribution in [2.45, 2.75) is 29.0 Å². The molecule has 188 valence electrons. The number of nitro benzene ring substituents is 2. The number of carbonyl (C=O) groups excluding carboxylic acids is 3. The van der Waals surface area contributed by atoms with Crippen molar-refractivity contribution >= 4 is 72.6 Å². The fraction of sp³-hybridized carbons (Fsp3) is 0.318. The number of rotatable bonds is 6. The number of alkyl halides is 2. The van der Waals surface area contributed by atoms with Gasteiger partial charge in [-0.2, -0.15) is 5.01 Å². The molecule has 0 unspecified atom stereocenters. The number of non-ortho nitro benzene ring substituents is 1. The first kappa shape index (κ1) is 26.2. The Morgan fingerprint density at radius 1 is 0.972 bits per heavy atom. The van der Waals surface area contributed by atoms with Gasteiger partial charge in [0.1, 0.15) is 0 Å². The second-order valence-electron chi connectivity index (χ2n) is 8.40. The zero-order valence-corrected chi connectivity index (χ0v) is 22.2. The Morgan fingerprint density at radius 3 is 2.03 bits per heavy atom. The van der Waals surface area contributed by atoms with Gasteiger partial charge >= 0.3 is 0 Å². The first-order valence-electron chi connectivity index (χ1n) is 10.6. The molecule has 4 atom stereocenters. The summed E-state index contributed by atoms with van der Waals surface area (Å²) in [5.41, 5.74) is -0.629. The molecule has 2 fully saturated rings. The standard InChI is InChI=1S/C22H17Br2ClN4O7/c23-17-8-15-16(9-18(17)24)22(32)27(21(15)31)26(10-12-1-4-13(25)7-19(12)29(35)36)20(30)11-2-5-14(6-3-11)28(33)34/h1-7,15-18H,8-10H2/t15-,16-,17-,18+/m1/s1. The van der Waals surface area contributed by atoms with Crippen LogP contribution in [0.4, 0.5) is 11.4 Å². The molecule has 0 spiro atoms. The van der Waals surface area contributed by atoms with Gasteiger partial charge in [0, 0.05) is 38.4 Å². The van der Waals surface area contributed by atoms with Crippen LogP contribution in [0.15, 0.2) is 42.5 Å². The van der Waals surface area contributed by atoms with E-state index in [1.165, 1.54) is 24.3 Å². The largest absolute Gasteiger partial charge is 0.275 e. The highest BCUT2D eigenvalue weighted by atomic mass is 79.9. The van der Waals surface area contributed by atoms with E-state index in [0.29, 0.717) is 12.8 Å². The number of nitrogens with zero attached hydrogens (tertiary/aromatic N) is 4. The van der Waals surface area contributed by atoms with E-state index in [0.717, 1.165) is 28.2 Å². The summed E-state index contributed by atoms with van der Waals surface area (Å²) >= 11 is 12.9. The molecule has 0 bridgehead atoms. The summed E-state index contributed by atoms with van der Waals surface area (Å²) in [6, 6.07) is 8.50. The summed E-state index contributed by atoms with van der Waals surface area (Å²) in [5, 5.41) is 24.4. The molecule has 2 aromatic rings. The fourth-order valence-electron chi connectivity index (χ4n) is 4.43. The van der Waals surface area contributed by atoms with Gasteiger partial charge in [-0.15, -0.1) is 0 Å². The van der Waals surface area contributed by atoms with Crippen LogP contribution in [0.5, 0.6) is 0 Å². The Bertz CT molecular complexity index is 1250. The predicted octanol–water partition coefficient (Wildman–Crippen LogP) is 4.64. The minimum atomic E-state index is -0.819. The highest BCUT2D eigenvalue weighted by Gasteiger charge is 2.54. The molecule has 11 nitrogen and oxygen atoms in total. The van der Waals surface area contributed by atoms with Crippen LogP contribution in [0.25, 0.3) is 0 Å². The number of carbonyl (C=O) groups is 3. The molecule has 2 aromatic carbocycles. The summed E-state index contributed by atoms with van der Waals surface area (Å²) in [4.78, 5) is 61.6. The molecule has 3 amide bonds. The van der Waals surface area contributed by atoms with Crippen molar-refractivity contribution in [3.05, 3.63) is 78.8 Å². The van der Waals surface area contributed by atoms with Crippen LogP contribution in [0.1, 0.15) is 28.8 Å². The van der Waals surface area contributed by atoms with Crippen molar-refractivity contribution < 1.29 is 24.2 Å². The van der Waals surface area contributed by atoms with Crippen LogP contribution in [0, 0.1) is 32.1 Å². The maximum Gasteiger partial charge on any atom is 0.275 e. The molecule has 1 saturated carbocycles. The molecule has 1 heterocycles. The van der Waals surface area contributed by atoms with Crippen molar-refractivity contribution in [2.24, 2.45) is 11.8 Å². The topological polar surface area (TPSA) is 144 Å². The summed E-state index contributed by atoms with van der Waals surface area (Å²) in [7, 11) is 0. The average Bonchev–Trinajstić information content (AvgIpc) is 3.07. The fourth-order valence-corrected chi connectivity index (χ4v) is 5.83. The van der Waals surface area contributed by atoms with Gasteiger partial charge in [-0.1, -0.05) is 43.5 Å². The van der Waals surface area contributed by atoms with Gasteiger partial charge in [0.05, 0.1) is 33.8 Å². The summed E-state index contributed by atoms with van der Waals surface area (Å²) < 4.78 is 0. The zero-order valence-electron chi connectivity index (χ0n) is 18.3. The molecule has 0 aromatic heterocycles. The van der Waals surface area contributed by atoms with Crippen LogP contribution in [-0.4, -0.2) is 47.2 Å². The first-order valence-corrected chi connectivity index (χ1v) is 12.9. The molecule has 4 rings (SSSR count). The molecule has 0 N–H and O–H groups in total. The van der Waals surface area contributed by atoms with E-state index < -0.39 is 45.9 Å². The smallest absolute Gasteiger partial charge is 0.272 e. The van der Waals surface area contributed by atoms with Crippen molar-refractivity contribution in [3.8, 4) is 0 Å². The molecule has 0 radical (unpaired) electrons. The highest BCUT2D eigenvalue weighted by molar-refractivity contribution is 9.12. The zero-order chi connectivity index (χ0) is 26.3. The van der Waals surface area contributed by atoms with Gasteiger partial charge in [-0.05, 0) is 37.1 Å². The van der Waals surface area contributed by atoms with Gasteiger partial charge in [-0.3, -0.25) is 34.6 Å². The number of benzene rings is 2. The maximum atomic E-state index is 13.6. The first-order chi connectivity index (χ1) is 17.0. The third kappa shape index (κ3) is 4.87. The second-order valence-corrected chi connectivity index (χ2v) is 11.2. The lowest BCUT2D eigenvalue weighted by molar-refractivity contribution is -0.385. The number of nitro groups is 2. The monoisotopic (exact) mass is 642 g/mol. The summed E-state index contributed by atoms with van der Waals surface area (Å²) in [5.74, 6) is -3.31. The SMILES string of the molecule is O=C(c1ccc([N+](=O)[O-])cc1)N(Cc1ccc(Cl)cc1[N+](=O)[O-])N1C(=O)[C@@H]2C[C@@H](Br)[C@@H](Br)C[C@H]2C1=O. The molecule has 1 aliphatic heterocycles. The Hall–Kier alpha value is -2.90. The van der Waals surface area contributed by atoms with E-state index in [1.807, 2.05) is 0 Å². The Kier molecular flexibility index (Phi) is 7.43. The summed E-state index contributed by atoms with van der Waals surface area (Å²) in [6.07, 6.45) is 0.727. The van der Waals surface area contributed by atoms with Crippen LogP contribution in [0.3, 0.4) is 0 Å². The van der Waals surface area contributed by atoms with Gasteiger partial charge in [0.25, 0.3) is 29.1 Å². The lowest BCUT2D eigenvalue weighted by atomic mass is 9.81. The van der Waals surface area contributed by atoms with E-state index in [2.05, 4.69) is 31.9 Å². The second kappa shape index (κ2) is 10.2. The van der Waals surface area contributed by atoms with Crippen molar-refractivity contribution in [2.75, 3.05) is 0 Å². The number of halogens is 3. The quantitative estimate of drug-likeness (QED) is 0.193. The van der Waals surface area contributed by atoms with Crippen LogP contribution in [-0.2, 0) is 16.1 Å². The third-order valence-corrected chi connectivity index (χ3v) is 9.22. The van der Waals surface area contributed by atoms with Crippen molar-refractivity contribution in [1.82, 2.24) is 10.0 Å². The van der Waals surface area contributed by atoms with E-state index in [1.54, 1.807) is 0 Å². The number of hydrogen-bond donors (Lipinski definition) is 0. The minimum absolute atomic E-state index is 0.0376. The van der Waals surface area contributed by atoms with Gasteiger partial charge in [-0.25, -0.2) is 5.01 Å². The molecule has 1 aliphatic carbocycles. The van der Waals surface area contributed by atoms with Gasteiger partial charge in [0.15, 0.2) is 0 Å². The molecular weight excluding hydrogens is 628 g/mol. The number of hydrogen-bond acceptors (Lipinski definition) is 7. The van der Waals surface area contributed by atoms with Crippen LogP contribution < -0.4 is 0 Å². The predicted molar refractivity (Wildman–Crippen MR) is 135 cm³/mol. The van der Waals surface area contributed by atoms with Crippen LogP contribution in [0.2, 0.25) is 5.02 Å². The van der Waals surface area contributed by atoms with Gasteiger partial charge in [0.2, 0.25) is 0 Å². The van der Waals surface area contributed by atoms with Crippen LogP contribution >= 0.6 is 43.5 Å². The van der Waals surface area contributed by atoms with Gasteiger partial charge < -0.3 is 0 Å². The van der Waals surface area contributed by atoms with E-state index >= 15 is 0 Å². The van der Waals surface area contributed by atoms with E-state index in [-0.39, 0.29) is 37.2 Å². The number of amides is 3. The number of imide groups is 1. The molecular formula is C22H17Br2ClN4O7. The Morgan fingerprint density at radius 2 is 1.53 bits per heavy atom. The third-order valence-electron chi connectivity index (χ3n) is 6.25. The lowest BCUT2D eigenvalue weighted by Crippen LogP contribution is -2.49. The molecule has 36 heavy (non-hydrogen) atoms. The summed E-state index contributed by atoms with van der Waals surface area (Å²) in [6.45, 7) is -0.476. The maximum absolute atomic E-state index is 13.6. The Balaban J connectivity index is 1.76. The van der Waals surface area contributed by atoms with Crippen molar-refractivity contribution in [3.63, 3.8) is 0 Å². The van der Waals surface area contributed by atoms with E-state index in [4.69, 9.17) is 11.6 Å². The molecule has 1 saturated heterocycles. The van der Waals surface area contributed by atoms with Crippen molar-refractivity contribution in [1.29, 1.82) is 0 Å². The minimum Gasteiger partial charge on any atom is -0.272 e. The Labute approximate surface area is 225 Å². The lowest BCUT2D eigenvalue weighted by Gasteiger charge is -2.30. The molecule has 14 heteroatoms. The number of fused-ring (bicyclic) bond motifs is 1. The van der Waals surface area contributed by atoms with E-state index in [9.17, 15) is 34.6 Å². The number of hydrazine groups is 1.